The minimum atomic E-state index is -0.122. The van der Waals surface area contributed by atoms with E-state index in [1.807, 2.05) is 29.5 Å². The first-order chi connectivity index (χ1) is 8.90. The molecule has 1 aromatic rings. The lowest BCUT2D eigenvalue weighted by atomic mass is 10.0. The van der Waals surface area contributed by atoms with E-state index in [1.165, 1.54) is 12.5 Å². The number of hydrogen-bond donors (Lipinski definition) is 2. The van der Waals surface area contributed by atoms with E-state index in [9.17, 15) is 9.90 Å². The first-order valence-electron chi connectivity index (χ1n) is 6.69. The number of halogens is 1. The first-order valence-corrected chi connectivity index (χ1v) is 7.77. The molecule has 4 heteroatoms. The highest BCUT2D eigenvalue weighted by atomic mass is 127. The van der Waals surface area contributed by atoms with Gasteiger partial charge in [0.05, 0.1) is 3.57 Å². The van der Waals surface area contributed by atoms with Crippen molar-refractivity contribution < 1.29 is 9.90 Å². The van der Waals surface area contributed by atoms with Gasteiger partial charge in [-0.1, -0.05) is 26.7 Å². The molecule has 0 bridgehead atoms. The summed E-state index contributed by atoms with van der Waals surface area (Å²) in [7, 11) is 0. The molecule has 0 aliphatic heterocycles. The van der Waals surface area contributed by atoms with Gasteiger partial charge in [-0.15, -0.1) is 0 Å². The summed E-state index contributed by atoms with van der Waals surface area (Å²) >= 11 is 2.03. The van der Waals surface area contributed by atoms with Crippen LogP contribution < -0.4 is 5.32 Å². The van der Waals surface area contributed by atoms with Crippen LogP contribution in [0.3, 0.4) is 0 Å². The quantitative estimate of drug-likeness (QED) is 0.740. The molecule has 0 aliphatic rings. The van der Waals surface area contributed by atoms with Crippen LogP contribution in [0.15, 0.2) is 18.2 Å². The predicted molar refractivity (Wildman–Crippen MR) is 86.4 cm³/mol. The Kier molecular flexibility index (Phi) is 6.62. The average molecular weight is 375 g/mol. The largest absolute Gasteiger partial charge is 0.507 e. The maximum absolute atomic E-state index is 12.0. The number of benzene rings is 1. The van der Waals surface area contributed by atoms with Crippen LogP contribution >= 0.6 is 22.6 Å². The minimum Gasteiger partial charge on any atom is -0.507 e. The standard InChI is InChI=1S/C15H22INO2/c1-10(2)5-4-6-11(3)17-15(19)12-7-8-13(16)14(18)9-12/h7-11,18H,4-6H2,1-3H3,(H,17,19). The number of carbonyl (C=O) groups excluding carboxylic acids is 1. The topological polar surface area (TPSA) is 49.3 Å². The van der Waals surface area contributed by atoms with Gasteiger partial charge < -0.3 is 10.4 Å². The van der Waals surface area contributed by atoms with Gasteiger partial charge in [-0.05, 0) is 60.1 Å². The predicted octanol–water partition coefficient (Wildman–Crippen LogP) is 3.94. The van der Waals surface area contributed by atoms with Crippen LogP contribution in [0.1, 0.15) is 50.4 Å². The molecular weight excluding hydrogens is 353 g/mol. The molecule has 0 radical (unpaired) electrons. The monoisotopic (exact) mass is 375 g/mol. The Balaban J connectivity index is 2.47. The fourth-order valence-corrected chi connectivity index (χ4v) is 2.20. The Labute approximate surface area is 128 Å². The van der Waals surface area contributed by atoms with Crippen LogP contribution in [0.4, 0.5) is 0 Å². The van der Waals surface area contributed by atoms with E-state index >= 15 is 0 Å². The van der Waals surface area contributed by atoms with Gasteiger partial charge in [0.1, 0.15) is 5.75 Å². The van der Waals surface area contributed by atoms with Crippen molar-refractivity contribution in [3.05, 3.63) is 27.3 Å². The molecule has 0 aromatic heterocycles. The summed E-state index contributed by atoms with van der Waals surface area (Å²) in [4.78, 5) is 12.0. The molecule has 3 nitrogen and oxygen atoms in total. The fraction of sp³-hybridized carbons (Fsp3) is 0.533. The summed E-state index contributed by atoms with van der Waals surface area (Å²) in [6.07, 6.45) is 3.29. The lowest BCUT2D eigenvalue weighted by molar-refractivity contribution is 0.0937. The molecule has 0 spiro atoms. The van der Waals surface area contributed by atoms with E-state index in [-0.39, 0.29) is 17.7 Å². The molecule has 0 saturated heterocycles. The molecule has 106 valence electrons. The van der Waals surface area contributed by atoms with Crippen molar-refractivity contribution in [3.8, 4) is 5.75 Å². The zero-order valence-corrected chi connectivity index (χ0v) is 13.9. The molecule has 1 amide bonds. The Morgan fingerprint density at radius 3 is 2.58 bits per heavy atom. The molecule has 1 unspecified atom stereocenters. The summed E-state index contributed by atoms with van der Waals surface area (Å²) in [5.41, 5.74) is 0.508. The zero-order chi connectivity index (χ0) is 14.4. The van der Waals surface area contributed by atoms with E-state index in [2.05, 4.69) is 19.2 Å². The first kappa shape index (κ1) is 16.3. The van der Waals surface area contributed by atoms with Crippen molar-refractivity contribution in [2.24, 2.45) is 5.92 Å². The molecule has 0 saturated carbocycles. The molecule has 0 aliphatic carbocycles. The number of rotatable bonds is 6. The van der Waals surface area contributed by atoms with Crippen LogP contribution in [0.5, 0.6) is 5.75 Å². The van der Waals surface area contributed by atoms with Gasteiger partial charge in [-0.25, -0.2) is 0 Å². The van der Waals surface area contributed by atoms with Crippen LogP contribution in [-0.2, 0) is 0 Å². The second kappa shape index (κ2) is 7.72. The van der Waals surface area contributed by atoms with E-state index in [1.54, 1.807) is 12.1 Å². The summed E-state index contributed by atoms with van der Waals surface area (Å²) in [5, 5.41) is 12.6. The van der Waals surface area contributed by atoms with E-state index < -0.39 is 0 Å². The van der Waals surface area contributed by atoms with E-state index in [4.69, 9.17) is 0 Å². The lowest BCUT2D eigenvalue weighted by Gasteiger charge is -2.14. The number of hydrogen-bond acceptors (Lipinski definition) is 2. The van der Waals surface area contributed by atoms with Crippen LogP contribution in [-0.4, -0.2) is 17.1 Å². The molecular formula is C15H22INO2. The SMILES string of the molecule is CC(C)CCCC(C)NC(=O)c1ccc(I)c(O)c1. The highest BCUT2D eigenvalue weighted by Crippen LogP contribution is 2.20. The Hall–Kier alpha value is -0.780. The summed E-state index contributed by atoms with van der Waals surface area (Å²) in [6, 6.07) is 5.15. The summed E-state index contributed by atoms with van der Waals surface area (Å²) in [5.74, 6) is 0.737. The molecule has 0 fully saturated rings. The third-order valence-electron chi connectivity index (χ3n) is 3.00. The zero-order valence-electron chi connectivity index (χ0n) is 11.7. The van der Waals surface area contributed by atoms with Gasteiger partial charge in [0.15, 0.2) is 0 Å². The normalized spacial score (nSPS) is 12.5. The average Bonchev–Trinajstić information content (AvgIpc) is 2.32. The van der Waals surface area contributed by atoms with Crippen molar-refractivity contribution in [1.82, 2.24) is 5.32 Å². The molecule has 1 rings (SSSR count). The van der Waals surface area contributed by atoms with Crippen molar-refractivity contribution in [3.63, 3.8) is 0 Å². The van der Waals surface area contributed by atoms with Crippen molar-refractivity contribution in [2.75, 3.05) is 0 Å². The third-order valence-corrected chi connectivity index (χ3v) is 3.92. The van der Waals surface area contributed by atoms with Gasteiger partial charge in [-0.2, -0.15) is 0 Å². The maximum atomic E-state index is 12.0. The molecule has 1 aromatic carbocycles. The van der Waals surface area contributed by atoms with Gasteiger partial charge in [0.25, 0.3) is 5.91 Å². The fourth-order valence-electron chi connectivity index (χ4n) is 1.87. The van der Waals surface area contributed by atoms with Crippen molar-refractivity contribution >= 4 is 28.5 Å². The maximum Gasteiger partial charge on any atom is 0.251 e. The summed E-state index contributed by atoms with van der Waals surface area (Å²) < 4.78 is 0.749. The van der Waals surface area contributed by atoms with Gasteiger partial charge in [0, 0.05) is 11.6 Å². The summed E-state index contributed by atoms with van der Waals surface area (Å²) in [6.45, 7) is 6.43. The molecule has 1 atom stereocenters. The number of nitrogens with one attached hydrogen (secondary N) is 1. The number of aromatic hydroxyl groups is 1. The molecule has 19 heavy (non-hydrogen) atoms. The van der Waals surface area contributed by atoms with E-state index in [0.29, 0.717) is 11.5 Å². The third kappa shape index (κ3) is 5.80. The van der Waals surface area contributed by atoms with Crippen LogP contribution in [0, 0.1) is 9.49 Å². The minimum absolute atomic E-state index is 0.122. The number of phenols is 1. The Morgan fingerprint density at radius 1 is 1.32 bits per heavy atom. The second-order valence-corrected chi connectivity index (χ2v) is 6.53. The highest BCUT2D eigenvalue weighted by Gasteiger charge is 2.11. The van der Waals surface area contributed by atoms with Crippen LogP contribution in [0.2, 0.25) is 0 Å². The number of phenolic OH excluding ortho intramolecular Hbond substituents is 1. The van der Waals surface area contributed by atoms with Crippen molar-refractivity contribution in [2.45, 2.75) is 46.1 Å². The van der Waals surface area contributed by atoms with Gasteiger partial charge in [-0.3, -0.25) is 4.79 Å². The lowest BCUT2D eigenvalue weighted by Crippen LogP contribution is -2.32. The van der Waals surface area contributed by atoms with Gasteiger partial charge >= 0.3 is 0 Å². The van der Waals surface area contributed by atoms with E-state index in [0.717, 1.165) is 16.4 Å². The molecule has 2 N–H and O–H groups in total. The number of carbonyl (C=O) groups is 1. The highest BCUT2D eigenvalue weighted by molar-refractivity contribution is 14.1. The van der Waals surface area contributed by atoms with Crippen LogP contribution in [0.25, 0.3) is 0 Å². The Morgan fingerprint density at radius 2 is 2.00 bits per heavy atom. The van der Waals surface area contributed by atoms with Gasteiger partial charge in [0.2, 0.25) is 0 Å². The molecule has 0 heterocycles. The Bertz CT molecular complexity index is 432. The number of amides is 1. The second-order valence-electron chi connectivity index (χ2n) is 5.37. The smallest absolute Gasteiger partial charge is 0.251 e. The van der Waals surface area contributed by atoms with Crippen molar-refractivity contribution in [1.29, 1.82) is 0 Å².